The zero-order chi connectivity index (χ0) is 11.6. The maximum Gasteiger partial charge on any atom is 0.0108 e. The van der Waals surface area contributed by atoms with Crippen LogP contribution in [0.1, 0.15) is 64.7 Å². The normalized spacial score (nSPS) is 15.9. The minimum Gasteiger partial charge on any atom is -0.329 e. The van der Waals surface area contributed by atoms with Gasteiger partial charge >= 0.3 is 0 Å². The number of rotatable bonds is 11. The summed E-state index contributed by atoms with van der Waals surface area (Å²) in [6.07, 6.45) is 12.7. The van der Waals surface area contributed by atoms with Crippen molar-refractivity contribution in [1.29, 1.82) is 0 Å². The highest BCUT2D eigenvalue weighted by Crippen LogP contribution is 2.26. The number of hydrogen-bond donors (Lipinski definition) is 1. The van der Waals surface area contributed by atoms with E-state index in [9.17, 15) is 0 Å². The fourth-order valence-electron chi connectivity index (χ4n) is 2.35. The molecule has 0 atom stereocenters. The molecule has 0 unspecified atom stereocenters. The first kappa shape index (κ1) is 14.0. The summed E-state index contributed by atoms with van der Waals surface area (Å²) in [7, 11) is 0. The van der Waals surface area contributed by atoms with E-state index in [0.717, 1.165) is 19.1 Å². The van der Waals surface area contributed by atoms with Gasteiger partial charge in [0.1, 0.15) is 0 Å². The summed E-state index contributed by atoms with van der Waals surface area (Å²) in [6, 6.07) is 0.892. The Morgan fingerprint density at radius 3 is 2.12 bits per heavy atom. The average molecular weight is 226 g/mol. The van der Waals surface area contributed by atoms with Gasteiger partial charge in [0.2, 0.25) is 0 Å². The summed E-state index contributed by atoms with van der Waals surface area (Å²) in [5, 5.41) is 0. The van der Waals surface area contributed by atoms with Crippen molar-refractivity contribution in [2.75, 3.05) is 19.6 Å². The quantitative estimate of drug-likeness (QED) is 0.548. The smallest absolute Gasteiger partial charge is 0.0108 e. The van der Waals surface area contributed by atoms with Gasteiger partial charge in [-0.15, -0.1) is 0 Å². The SMILES string of the molecule is CCCCCCCCCN(CCN)C1CC1. The molecule has 0 aromatic rings. The van der Waals surface area contributed by atoms with Crippen LogP contribution in [-0.4, -0.2) is 30.6 Å². The third-order valence-electron chi connectivity index (χ3n) is 3.53. The molecular formula is C14H30N2. The Bertz CT molecular complexity index is 155. The predicted octanol–water partition coefficient (Wildman–Crippen LogP) is 3.16. The number of nitrogens with zero attached hydrogens (tertiary/aromatic N) is 1. The van der Waals surface area contributed by atoms with E-state index in [0.29, 0.717) is 0 Å². The fourth-order valence-corrected chi connectivity index (χ4v) is 2.35. The maximum atomic E-state index is 5.64. The molecule has 0 heterocycles. The molecule has 1 saturated carbocycles. The van der Waals surface area contributed by atoms with E-state index < -0.39 is 0 Å². The van der Waals surface area contributed by atoms with E-state index in [2.05, 4.69) is 11.8 Å². The second-order valence-corrected chi connectivity index (χ2v) is 5.18. The fraction of sp³-hybridized carbons (Fsp3) is 1.00. The molecule has 1 fully saturated rings. The second-order valence-electron chi connectivity index (χ2n) is 5.18. The van der Waals surface area contributed by atoms with Crippen molar-refractivity contribution < 1.29 is 0 Å². The van der Waals surface area contributed by atoms with Crippen LogP contribution in [0.5, 0.6) is 0 Å². The van der Waals surface area contributed by atoms with Crippen LogP contribution in [0.25, 0.3) is 0 Å². The summed E-state index contributed by atoms with van der Waals surface area (Å²) in [5.74, 6) is 0. The first-order valence-electron chi connectivity index (χ1n) is 7.32. The predicted molar refractivity (Wildman–Crippen MR) is 71.6 cm³/mol. The van der Waals surface area contributed by atoms with Crippen LogP contribution in [0.3, 0.4) is 0 Å². The van der Waals surface area contributed by atoms with Gasteiger partial charge in [-0.25, -0.2) is 0 Å². The Labute approximate surface area is 102 Å². The Kier molecular flexibility index (Phi) is 7.87. The van der Waals surface area contributed by atoms with E-state index >= 15 is 0 Å². The van der Waals surface area contributed by atoms with Gasteiger partial charge in [-0.05, 0) is 25.8 Å². The maximum absolute atomic E-state index is 5.64. The zero-order valence-electron chi connectivity index (χ0n) is 11.1. The largest absolute Gasteiger partial charge is 0.329 e. The van der Waals surface area contributed by atoms with Gasteiger partial charge in [-0.2, -0.15) is 0 Å². The van der Waals surface area contributed by atoms with Crippen LogP contribution < -0.4 is 5.73 Å². The van der Waals surface area contributed by atoms with Gasteiger partial charge in [-0.1, -0.05) is 45.4 Å². The molecule has 0 bridgehead atoms. The molecule has 1 aliphatic rings. The summed E-state index contributed by atoms with van der Waals surface area (Å²) >= 11 is 0. The number of nitrogens with two attached hydrogens (primary N) is 1. The Hall–Kier alpha value is -0.0800. The van der Waals surface area contributed by atoms with Gasteiger partial charge in [0.15, 0.2) is 0 Å². The molecule has 1 rings (SSSR count). The molecular weight excluding hydrogens is 196 g/mol. The topological polar surface area (TPSA) is 29.3 Å². The molecule has 2 heteroatoms. The van der Waals surface area contributed by atoms with Gasteiger partial charge in [0.25, 0.3) is 0 Å². The molecule has 0 aromatic heterocycles. The lowest BCUT2D eigenvalue weighted by Gasteiger charge is -2.20. The molecule has 0 aromatic carbocycles. The van der Waals surface area contributed by atoms with E-state index in [1.54, 1.807) is 0 Å². The van der Waals surface area contributed by atoms with Crippen LogP contribution >= 0.6 is 0 Å². The van der Waals surface area contributed by atoms with Crippen molar-refractivity contribution in [3.8, 4) is 0 Å². The van der Waals surface area contributed by atoms with Gasteiger partial charge < -0.3 is 5.73 Å². The Morgan fingerprint density at radius 1 is 0.938 bits per heavy atom. The van der Waals surface area contributed by atoms with Crippen molar-refractivity contribution >= 4 is 0 Å². The van der Waals surface area contributed by atoms with Crippen molar-refractivity contribution in [2.24, 2.45) is 5.73 Å². The standard InChI is InChI=1S/C14H30N2/c1-2-3-4-5-6-7-8-12-16(13-11-15)14-9-10-14/h14H,2-13,15H2,1H3. The highest BCUT2D eigenvalue weighted by molar-refractivity contribution is 4.84. The number of unbranched alkanes of at least 4 members (excludes halogenated alkanes) is 6. The van der Waals surface area contributed by atoms with E-state index in [4.69, 9.17) is 5.73 Å². The van der Waals surface area contributed by atoms with Crippen LogP contribution in [0.4, 0.5) is 0 Å². The highest BCUT2D eigenvalue weighted by atomic mass is 15.2. The number of hydrogen-bond acceptors (Lipinski definition) is 2. The van der Waals surface area contributed by atoms with Crippen LogP contribution in [0.15, 0.2) is 0 Å². The monoisotopic (exact) mass is 226 g/mol. The van der Waals surface area contributed by atoms with Crippen LogP contribution in [-0.2, 0) is 0 Å². The van der Waals surface area contributed by atoms with Crippen molar-refractivity contribution in [1.82, 2.24) is 4.90 Å². The Morgan fingerprint density at radius 2 is 1.56 bits per heavy atom. The van der Waals surface area contributed by atoms with Gasteiger partial charge in [0, 0.05) is 19.1 Å². The van der Waals surface area contributed by atoms with Crippen molar-refractivity contribution in [3.05, 3.63) is 0 Å². The minimum absolute atomic E-state index is 0.826. The highest BCUT2D eigenvalue weighted by Gasteiger charge is 2.27. The molecule has 0 aliphatic heterocycles. The summed E-state index contributed by atoms with van der Waals surface area (Å²) in [5.41, 5.74) is 5.64. The van der Waals surface area contributed by atoms with Gasteiger partial charge in [-0.3, -0.25) is 4.90 Å². The lowest BCUT2D eigenvalue weighted by molar-refractivity contribution is 0.264. The average Bonchev–Trinajstić information content (AvgIpc) is 3.10. The van der Waals surface area contributed by atoms with Crippen LogP contribution in [0.2, 0.25) is 0 Å². The molecule has 0 radical (unpaired) electrons. The molecule has 2 nitrogen and oxygen atoms in total. The lowest BCUT2D eigenvalue weighted by atomic mass is 10.1. The molecule has 0 saturated heterocycles. The first-order chi connectivity index (χ1) is 7.88. The van der Waals surface area contributed by atoms with E-state index in [1.807, 2.05) is 0 Å². The molecule has 2 N–H and O–H groups in total. The second kappa shape index (κ2) is 9.00. The van der Waals surface area contributed by atoms with E-state index in [1.165, 1.54) is 64.3 Å². The van der Waals surface area contributed by atoms with Gasteiger partial charge in [0.05, 0.1) is 0 Å². The minimum atomic E-state index is 0.826. The molecule has 16 heavy (non-hydrogen) atoms. The summed E-state index contributed by atoms with van der Waals surface area (Å²) in [6.45, 7) is 5.50. The third-order valence-corrected chi connectivity index (χ3v) is 3.53. The van der Waals surface area contributed by atoms with Crippen molar-refractivity contribution in [3.63, 3.8) is 0 Å². The summed E-state index contributed by atoms with van der Waals surface area (Å²) in [4.78, 5) is 2.60. The molecule has 0 amide bonds. The lowest BCUT2D eigenvalue weighted by Crippen LogP contribution is -2.32. The third kappa shape index (κ3) is 6.49. The zero-order valence-corrected chi connectivity index (χ0v) is 11.1. The van der Waals surface area contributed by atoms with E-state index in [-0.39, 0.29) is 0 Å². The van der Waals surface area contributed by atoms with Crippen LogP contribution in [0, 0.1) is 0 Å². The summed E-state index contributed by atoms with van der Waals surface area (Å²) < 4.78 is 0. The molecule has 96 valence electrons. The van der Waals surface area contributed by atoms with Crippen molar-refractivity contribution in [2.45, 2.75) is 70.8 Å². The first-order valence-corrected chi connectivity index (χ1v) is 7.32. The Balaban J connectivity index is 1.88. The molecule has 0 spiro atoms. The molecule has 1 aliphatic carbocycles.